The second-order valence-corrected chi connectivity index (χ2v) is 3.30. The zero-order valence-corrected chi connectivity index (χ0v) is 8.95. The molecule has 0 unspecified atom stereocenters. The maximum absolute atomic E-state index is 13.1. The summed E-state index contributed by atoms with van der Waals surface area (Å²) in [6.45, 7) is 2.72. The predicted octanol–water partition coefficient (Wildman–Crippen LogP) is 3.37. The number of halogens is 1. The minimum atomic E-state index is -0.279. The Bertz CT molecular complexity index is 312. The third-order valence-electron chi connectivity index (χ3n) is 2.01. The molecule has 0 aliphatic carbocycles. The van der Waals surface area contributed by atoms with Crippen LogP contribution in [0.4, 0.5) is 4.39 Å². The van der Waals surface area contributed by atoms with Crippen molar-refractivity contribution in [3.8, 4) is 0 Å². The molecule has 0 aliphatic heterocycles. The van der Waals surface area contributed by atoms with Crippen molar-refractivity contribution in [3.63, 3.8) is 0 Å². The summed E-state index contributed by atoms with van der Waals surface area (Å²) in [6.07, 6.45) is 4.68. The van der Waals surface area contributed by atoms with Gasteiger partial charge in [0.25, 0.3) is 0 Å². The largest absolute Gasteiger partial charge is 0.396 e. The Balaban J connectivity index is 2.29. The highest BCUT2D eigenvalue weighted by Gasteiger charge is 1.95. The molecule has 0 saturated carbocycles. The van der Waals surface area contributed by atoms with Crippen molar-refractivity contribution in [2.75, 3.05) is 6.61 Å². The lowest BCUT2D eigenvalue weighted by Crippen LogP contribution is -1.91. The van der Waals surface area contributed by atoms with E-state index in [2.05, 4.69) is 12.1 Å². The molecule has 0 fully saturated rings. The average molecular weight is 209 g/mol. The van der Waals surface area contributed by atoms with Gasteiger partial charge >= 0.3 is 0 Å². The third-order valence-corrected chi connectivity index (χ3v) is 2.01. The number of rotatable bonds is 6. The van der Waals surface area contributed by atoms with Gasteiger partial charge in [0.2, 0.25) is 0 Å². The fourth-order valence-electron chi connectivity index (χ4n) is 1.14. The van der Waals surface area contributed by atoms with Crippen molar-refractivity contribution in [3.05, 3.63) is 35.6 Å². The SMILES string of the molecule is CCCCCON=Cc1ccccc1F. The van der Waals surface area contributed by atoms with Crippen LogP contribution >= 0.6 is 0 Å². The van der Waals surface area contributed by atoms with Gasteiger partial charge in [0, 0.05) is 5.56 Å². The van der Waals surface area contributed by atoms with E-state index in [1.165, 1.54) is 12.3 Å². The Morgan fingerprint density at radius 3 is 2.87 bits per heavy atom. The monoisotopic (exact) mass is 209 g/mol. The van der Waals surface area contributed by atoms with E-state index < -0.39 is 0 Å². The molecule has 0 aliphatic rings. The highest BCUT2D eigenvalue weighted by atomic mass is 19.1. The highest BCUT2D eigenvalue weighted by molar-refractivity contribution is 5.79. The summed E-state index contributed by atoms with van der Waals surface area (Å²) in [6, 6.07) is 6.48. The first-order valence-corrected chi connectivity index (χ1v) is 5.24. The van der Waals surface area contributed by atoms with Crippen LogP contribution in [-0.4, -0.2) is 12.8 Å². The number of unbranched alkanes of at least 4 members (excludes halogenated alkanes) is 2. The van der Waals surface area contributed by atoms with Gasteiger partial charge in [-0.2, -0.15) is 0 Å². The summed E-state index contributed by atoms with van der Waals surface area (Å²) in [5.74, 6) is -0.279. The summed E-state index contributed by atoms with van der Waals surface area (Å²) in [4.78, 5) is 5.00. The second kappa shape index (κ2) is 6.98. The minimum Gasteiger partial charge on any atom is -0.396 e. The molecule has 82 valence electrons. The van der Waals surface area contributed by atoms with Crippen LogP contribution in [0.5, 0.6) is 0 Å². The van der Waals surface area contributed by atoms with Gasteiger partial charge in [0.1, 0.15) is 12.4 Å². The molecule has 0 N–H and O–H groups in total. The molecule has 1 aromatic rings. The Kier molecular flexibility index (Phi) is 5.44. The third kappa shape index (κ3) is 4.58. The lowest BCUT2D eigenvalue weighted by Gasteiger charge is -1.97. The van der Waals surface area contributed by atoms with E-state index in [4.69, 9.17) is 4.84 Å². The molecule has 0 atom stereocenters. The molecule has 0 amide bonds. The highest BCUT2D eigenvalue weighted by Crippen LogP contribution is 2.03. The average Bonchev–Trinajstić information content (AvgIpc) is 2.25. The van der Waals surface area contributed by atoms with Crippen LogP contribution in [0.1, 0.15) is 31.7 Å². The zero-order valence-electron chi connectivity index (χ0n) is 8.95. The van der Waals surface area contributed by atoms with Gasteiger partial charge in [-0.25, -0.2) is 4.39 Å². The molecule has 0 spiro atoms. The molecule has 0 bridgehead atoms. The normalized spacial score (nSPS) is 10.8. The van der Waals surface area contributed by atoms with Crippen molar-refractivity contribution in [1.29, 1.82) is 0 Å². The fraction of sp³-hybridized carbons (Fsp3) is 0.417. The maximum Gasteiger partial charge on any atom is 0.132 e. The fourth-order valence-corrected chi connectivity index (χ4v) is 1.14. The van der Waals surface area contributed by atoms with Gasteiger partial charge in [-0.05, 0) is 12.5 Å². The second-order valence-electron chi connectivity index (χ2n) is 3.30. The van der Waals surface area contributed by atoms with Gasteiger partial charge in [0.15, 0.2) is 0 Å². The molecule has 15 heavy (non-hydrogen) atoms. The Morgan fingerprint density at radius 1 is 1.33 bits per heavy atom. The van der Waals surface area contributed by atoms with Crippen LogP contribution < -0.4 is 0 Å². The van der Waals surface area contributed by atoms with Crippen LogP contribution in [0.25, 0.3) is 0 Å². The van der Waals surface area contributed by atoms with E-state index in [0.29, 0.717) is 12.2 Å². The first kappa shape index (κ1) is 11.7. The van der Waals surface area contributed by atoms with E-state index in [1.807, 2.05) is 0 Å². The molecule has 1 rings (SSSR count). The van der Waals surface area contributed by atoms with Gasteiger partial charge in [-0.1, -0.05) is 43.1 Å². The van der Waals surface area contributed by atoms with Gasteiger partial charge in [-0.3, -0.25) is 0 Å². The first-order chi connectivity index (χ1) is 7.34. The quantitative estimate of drug-likeness (QED) is 0.400. The zero-order chi connectivity index (χ0) is 10.9. The summed E-state index contributed by atoms with van der Waals surface area (Å²) in [5.41, 5.74) is 0.452. The van der Waals surface area contributed by atoms with E-state index in [-0.39, 0.29) is 5.82 Å². The standard InChI is InChI=1S/C12H16FNO/c1-2-3-6-9-15-14-10-11-7-4-5-8-12(11)13/h4-5,7-8,10H,2-3,6,9H2,1H3. The number of nitrogens with zero attached hydrogens (tertiary/aromatic N) is 1. The van der Waals surface area contributed by atoms with Crippen LogP contribution in [0.3, 0.4) is 0 Å². The predicted molar refractivity (Wildman–Crippen MR) is 59.5 cm³/mol. The topological polar surface area (TPSA) is 21.6 Å². The Morgan fingerprint density at radius 2 is 2.13 bits per heavy atom. The van der Waals surface area contributed by atoms with E-state index in [1.54, 1.807) is 18.2 Å². The van der Waals surface area contributed by atoms with Crippen LogP contribution in [-0.2, 0) is 4.84 Å². The first-order valence-electron chi connectivity index (χ1n) is 5.24. The maximum atomic E-state index is 13.1. The van der Waals surface area contributed by atoms with Crippen molar-refractivity contribution < 1.29 is 9.23 Å². The smallest absolute Gasteiger partial charge is 0.132 e. The summed E-state index contributed by atoms with van der Waals surface area (Å²) >= 11 is 0. The molecule has 0 saturated heterocycles. The number of benzene rings is 1. The number of oxime groups is 1. The molecule has 0 heterocycles. The molecule has 0 radical (unpaired) electrons. The molecule has 0 aromatic heterocycles. The summed E-state index contributed by atoms with van der Waals surface area (Å²) in [5, 5.41) is 3.71. The molecule has 2 nitrogen and oxygen atoms in total. The minimum absolute atomic E-state index is 0.279. The van der Waals surface area contributed by atoms with E-state index in [0.717, 1.165) is 19.3 Å². The summed E-state index contributed by atoms with van der Waals surface area (Å²) in [7, 11) is 0. The van der Waals surface area contributed by atoms with Gasteiger partial charge < -0.3 is 4.84 Å². The van der Waals surface area contributed by atoms with E-state index in [9.17, 15) is 4.39 Å². The van der Waals surface area contributed by atoms with Crippen molar-refractivity contribution >= 4 is 6.21 Å². The van der Waals surface area contributed by atoms with Crippen LogP contribution in [0.15, 0.2) is 29.4 Å². The number of hydrogen-bond donors (Lipinski definition) is 0. The van der Waals surface area contributed by atoms with Crippen molar-refractivity contribution in [1.82, 2.24) is 0 Å². The van der Waals surface area contributed by atoms with E-state index >= 15 is 0 Å². The lowest BCUT2D eigenvalue weighted by atomic mass is 10.2. The molecular weight excluding hydrogens is 193 g/mol. The molecular formula is C12H16FNO. The molecule has 3 heteroatoms. The van der Waals surface area contributed by atoms with Gasteiger partial charge in [-0.15, -0.1) is 0 Å². The van der Waals surface area contributed by atoms with Crippen LogP contribution in [0.2, 0.25) is 0 Å². The summed E-state index contributed by atoms with van der Waals surface area (Å²) < 4.78 is 13.1. The van der Waals surface area contributed by atoms with Crippen molar-refractivity contribution in [2.24, 2.45) is 5.16 Å². The van der Waals surface area contributed by atoms with Crippen molar-refractivity contribution in [2.45, 2.75) is 26.2 Å². The lowest BCUT2D eigenvalue weighted by molar-refractivity contribution is 0.141. The van der Waals surface area contributed by atoms with Crippen LogP contribution in [0, 0.1) is 5.82 Å². The Labute approximate surface area is 89.7 Å². The Hall–Kier alpha value is -1.38. The number of hydrogen-bond acceptors (Lipinski definition) is 2. The van der Waals surface area contributed by atoms with Gasteiger partial charge in [0.05, 0.1) is 6.21 Å². The molecule has 1 aromatic carbocycles.